The van der Waals surface area contributed by atoms with Crippen molar-refractivity contribution >= 4 is 73.0 Å². The van der Waals surface area contributed by atoms with Gasteiger partial charge in [-0.25, -0.2) is 5.43 Å². The minimum Gasteiger partial charge on any atom is -0.448 e. The molecule has 0 radical (unpaired) electrons. The predicted octanol–water partition coefficient (Wildman–Crippen LogP) is 9.05. The Labute approximate surface area is 270 Å². The summed E-state index contributed by atoms with van der Waals surface area (Å²) in [4.78, 5) is 23.7. The van der Waals surface area contributed by atoms with Crippen LogP contribution in [0.5, 0.6) is 11.5 Å². The summed E-state index contributed by atoms with van der Waals surface area (Å²) < 4.78 is 45.6. The molecule has 0 amide bonds. The molecule has 0 spiro atoms. The first-order valence-corrected chi connectivity index (χ1v) is 14.4. The summed E-state index contributed by atoms with van der Waals surface area (Å²) in [5.41, 5.74) is 2.86. The van der Waals surface area contributed by atoms with Crippen LogP contribution < -0.4 is 20.8 Å². The highest BCUT2D eigenvalue weighted by atomic mass is 79.9. The van der Waals surface area contributed by atoms with Crippen molar-refractivity contribution in [2.24, 2.45) is 5.10 Å². The molecule has 0 aliphatic rings. The molecule has 0 unspecified atom stereocenters. The number of alkyl halides is 3. The molecule has 3 N–H and O–H groups in total. The average molecular weight is 744 g/mol. The number of nitrogens with one attached hydrogen (secondary N) is 3. The van der Waals surface area contributed by atoms with E-state index in [0.29, 0.717) is 26.6 Å². The number of halogens is 5. The second-order valence-corrected chi connectivity index (χ2v) is 10.7. The summed E-state index contributed by atoms with van der Waals surface area (Å²) >= 11 is 6.69. The molecule has 11 nitrogen and oxygen atoms in total. The molecule has 45 heavy (non-hydrogen) atoms. The van der Waals surface area contributed by atoms with Gasteiger partial charge in [-0.1, -0.05) is 36.4 Å². The molecule has 16 heteroatoms. The lowest BCUT2D eigenvalue weighted by atomic mass is 10.2. The van der Waals surface area contributed by atoms with Crippen LogP contribution in [-0.2, 0) is 6.18 Å². The van der Waals surface area contributed by atoms with Crippen molar-refractivity contribution in [1.82, 2.24) is 15.0 Å². The number of aromatic nitrogens is 3. The number of para-hydroxylation sites is 2. The maximum atomic E-state index is 13.1. The minimum atomic E-state index is -4.75. The van der Waals surface area contributed by atoms with Crippen molar-refractivity contribution in [3.63, 3.8) is 0 Å². The van der Waals surface area contributed by atoms with E-state index in [4.69, 9.17) is 4.74 Å². The number of ether oxygens (including phenoxy) is 1. The highest BCUT2D eigenvalue weighted by Crippen LogP contribution is 2.42. The molecule has 0 atom stereocenters. The van der Waals surface area contributed by atoms with Crippen LogP contribution in [0.15, 0.2) is 105 Å². The molecule has 0 saturated heterocycles. The van der Waals surface area contributed by atoms with Gasteiger partial charge in [-0.15, -0.1) is 0 Å². The second kappa shape index (κ2) is 13.7. The summed E-state index contributed by atoms with van der Waals surface area (Å²) in [6.07, 6.45) is -3.29. The molecular formula is C29H19Br2F3N8O3. The number of benzene rings is 4. The zero-order valence-corrected chi connectivity index (χ0v) is 25.8. The summed E-state index contributed by atoms with van der Waals surface area (Å²) in [6.45, 7) is 0. The van der Waals surface area contributed by atoms with Crippen LogP contribution in [0.4, 0.5) is 48.1 Å². The first-order valence-electron chi connectivity index (χ1n) is 12.8. The number of hydrogen-bond acceptors (Lipinski definition) is 10. The number of hydrazone groups is 1. The standard InChI is InChI=1S/C29H19Br2F3N8O3/c30-21-13-17(14-22(31)25(21)45-24-12-11-18(29(32,33)34)15-23(24)42(43)44)16-35-41-28-39-26(36-19-7-3-1-4-8-19)38-27(40-28)37-20-9-5-2-6-10-20/h1-16H,(H3,36,37,38,39,40,41)/b35-16+. The summed E-state index contributed by atoms with van der Waals surface area (Å²) in [5.74, 6) is 0.389. The van der Waals surface area contributed by atoms with Crippen molar-refractivity contribution in [2.75, 3.05) is 16.1 Å². The number of anilines is 5. The maximum absolute atomic E-state index is 13.1. The van der Waals surface area contributed by atoms with Gasteiger partial charge in [-0.2, -0.15) is 33.2 Å². The Morgan fingerprint density at radius 3 is 1.84 bits per heavy atom. The van der Waals surface area contributed by atoms with Gasteiger partial charge in [0, 0.05) is 17.4 Å². The Hall–Kier alpha value is -5.09. The molecule has 1 aromatic heterocycles. The van der Waals surface area contributed by atoms with Crippen molar-refractivity contribution in [1.29, 1.82) is 0 Å². The predicted molar refractivity (Wildman–Crippen MR) is 171 cm³/mol. The molecule has 0 aliphatic heterocycles. The van der Waals surface area contributed by atoms with Gasteiger partial charge in [-0.05, 0) is 86.0 Å². The van der Waals surface area contributed by atoms with Gasteiger partial charge in [0.1, 0.15) is 0 Å². The van der Waals surface area contributed by atoms with E-state index in [1.807, 2.05) is 60.7 Å². The molecule has 1 heterocycles. The van der Waals surface area contributed by atoms with E-state index in [1.165, 1.54) is 6.21 Å². The van der Waals surface area contributed by atoms with Gasteiger partial charge in [-0.3, -0.25) is 10.1 Å². The summed E-state index contributed by atoms with van der Waals surface area (Å²) in [5, 5.41) is 21.9. The maximum Gasteiger partial charge on any atom is 0.416 e. The fraction of sp³-hybridized carbons (Fsp3) is 0.0345. The van der Waals surface area contributed by atoms with Crippen LogP contribution in [-0.4, -0.2) is 26.1 Å². The molecule has 0 saturated carbocycles. The Morgan fingerprint density at radius 1 is 0.800 bits per heavy atom. The van der Waals surface area contributed by atoms with Crippen molar-refractivity contribution in [3.05, 3.63) is 121 Å². The van der Waals surface area contributed by atoms with Crippen LogP contribution in [0.2, 0.25) is 0 Å². The summed E-state index contributed by atoms with van der Waals surface area (Å²) in [7, 11) is 0. The van der Waals surface area contributed by atoms with E-state index in [-0.39, 0.29) is 29.3 Å². The SMILES string of the molecule is O=[N+]([O-])c1cc(C(F)(F)F)ccc1Oc1c(Br)cc(/C=N/Nc2nc(Nc3ccccc3)nc(Nc3ccccc3)n2)cc1Br. The third-order valence-electron chi connectivity index (χ3n) is 5.79. The van der Waals surface area contributed by atoms with Gasteiger partial charge in [0.2, 0.25) is 23.6 Å². The molecule has 5 aromatic rings. The Kier molecular flexibility index (Phi) is 9.53. The zero-order chi connectivity index (χ0) is 32.0. The smallest absolute Gasteiger partial charge is 0.416 e. The van der Waals surface area contributed by atoms with Gasteiger partial charge >= 0.3 is 11.9 Å². The lowest BCUT2D eigenvalue weighted by Crippen LogP contribution is -2.07. The lowest BCUT2D eigenvalue weighted by molar-refractivity contribution is -0.385. The quantitative estimate of drug-likeness (QED) is 0.0726. The molecule has 5 rings (SSSR count). The highest BCUT2D eigenvalue weighted by Gasteiger charge is 2.33. The van der Waals surface area contributed by atoms with E-state index in [0.717, 1.165) is 17.4 Å². The van der Waals surface area contributed by atoms with E-state index in [9.17, 15) is 23.3 Å². The zero-order valence-electron chi connectivity index (χ0n) is 22.6. The van der Waals surface area contributed by atoms with Crippen molar-refractivity contribution < 1.29 is 22.8 Å². The number of rotatable bonds is 10. The molecule has 0 bridgehead atoms. The fourth-order valence-electron chi connectivity index (χ4n) is 3.79. The Bertz CT molecular complexity index is 1780. The van der Waals surface area contributed by atoms with Gasteiger partial charge in [0.25, 0.3) is 0 Å². The lowest BCUT2D eigenvalue weighted by Gasteiger charge is -2.13. The van der Waals surface area contributed by atoms with Crippen molar-refractivity contribution in [2.45, 2.75) is 6.18 Å². The number of hydrogen-bond donors (Lipinski definition) is 3. The molecule has 4 aromatic carbocycles. The monoisotopic (exact) mass is 742 g/mol. The molecule has 0 aliphatic carbocycles. The average Bonchev–Trinajstić information content (AvgIpc) is 2.99. The fourth-order valence-corrected chi connectivity index (χ4v) is 5.17. The topological polar surface area (TPSA) is 139 Å². The number of nitrogens with zero attached hydrogens (tertiary/aromatic N) is 5. The van der Waals surface area contributed by atoms with E-state index < -0.39 is 22.4 Å². The number of nitro groups is 1. The Morgan fingerprint density at radius 2 is 1.33 bits per heavy atom. The van der Waals surface area contributed by atoms with Gasteiger partial charge in [0.15, 0.2) is 5.75 Å². The van der Waals surface area contributed by atoms with Crippen LogP contribution in [0.25, 0.3) is 0 Å². The summed E-state index contributed by atoms with van der Waals surface area (Å²) in [6, 6.07) is 23.9. The molecule has 0 fully saturated rings. The third kappa shape index (κ3) is 8.30. The van der Waals surface area contributed by atoms with Crippen molar-refractivity contribution in [3.8, 4) is 11.5 Å². The number of nitro benzene ring substituents is 1. The van der Waals surface area contributed by atoms with Gasteiger partial charge in [0.05, 0.1) is 25.6 Å². The van der Waals surface area contributed by atoms with E-state index in [2.05, 4.69) is 68.0 Å². The van der Waals surface area contributed by atoms with E-state index >= 15 is 0 Å². The third-order valence-corrected chi connectivity index (χ3v) is 6.97. The Balaban J connectivity index is 1.35. The second-order valence-electron chi connectivity index (χ2n) is 9.01. The first-order chi connectivity index (χ1) is 21.5. The first kappa shape index (κ1) is 31.3. The minimum absolute atomic E-state index is 0.105. The largest absolute Gasteiger partial charge is 0.448 e. The normalized spacial score (nSPS) is 11.3. The van der Waals surface area contributed by atoms with E-state index in [1.54, 1.807) is 12.1 Å². The van der Waals surface area contributed by atoms with Gasteiger partial charge < -0.3 is 15.4 Å². The molecule has 228 valence electrons. The van der Waals surface area contributed by atoms with Crippen LogP contribution in [0, 0.1) is 10.1 Å². The molecular weight excluding hydrogens is 725 g/mol. The van der Waals surface area contributed by atoms with Crippen LogP contribution >= 0.6 is 31.9 Å². The highest BCUT2D eigenvalue weighted by molar-refractivity contribution is 9.11. The van der Waals surface area contributed by atoms with Crippen LogP contribution in [0.1, 0.15) is 11.1 Å². The van der Waals surface area contributed by atoms with Crippen LogP contribution in [0.3, 0.4) is 0 Å².